The third-order valence-electron chi connectivity index (χ3n) is 2.67. The van der Waals surface area contributed by atoms with Gasteiger partial charge < -0.3 is 9.64 Å². The highest BCUT2D eigenvalue weighted by molar-refractivity contribution is 5.37. The minimum absolute atomic E-state index is 0.235. The van der Waals surface area contributed by atoms with Gasteiger partial charge in [0.1, 0.15) is 5.75 Å². The highest BCUT2D eigenvalue weighted by atomic mass is 19.4. The van der Waals surface area contributed by atoms with Crippen LogP contribution in [-0.4, -0.2) is 32.6 Å². The minimum Gasteiger partial charge on any atom is -0.497 e. The zero-order valence-corrected chi connectivity index (χ0v) is 10.8. The number of aryl methyl sites for hydroxylation is 1. The van der Waals surface area contributed by atoms with Gasteiger partial charge in [0.15, 0.2) is 0 Å². The van der Waals surface area contributed by atoms with Crippen LogP contribution in [0.1, 0.15) is 17.5 Å². The normalized spacial score (nSPS) is 11.9. The van der Waals surface area contributed by atoms with Gasteiger partial charge in [-0.3, -0.25) is 0 Å². The van der Waals surface area contributed by atoms with Gasteiger partial charge in [-0.1, -0.05) is 6.07 Å². The zero-order chi connectivity index (χ0) is 13.8. The van der Waals surface area contributed by atoms with Crippen molar-refractivity contribution in [2.45, 2.75) is 19.0 Å². The number of alkyl halides is 3. The molecule has 1 aromatic carbocycles. The summed E-state index contributed by atoms with van der Waals surface area (Å²) >= 11 is 0. The average molecular weight is 261 g/mol. The van der Waals surface area contributed by atoms with Crippen LogP contribution < -0.4 is 4.74 Å². The second kappa shape index (κ2) is 6.09. The van der Waals surface area contributed by atoms with Gasteiger partial charge in [-0.05, 0) is 51.2 Å². The van der Waals surface area contributed by atoms with Crippen molar-refractivity contribution in [3.63, 3.8) is 0 Å². The van der Waals surface area contributed by atoms with E-state index in [0.717, 1.165) is 12.6 Å². The number of nitrogens with zero attached hydrogens (tertiary/aromatic N) is 1. The van der Waals surface area contributed by atoms with Crippen molar-refractivity contribution < 1.29 is 17.9 Å². The largest absolute Gasteiger partial charge is 0.497 e. The molecule has 5 heteroatoms. The Morgan fingerprint density at radius 3 is 2.39 bits per heavy atom. The van der Waals surface area contributed by atoms with Crippen LogP contribution in [0.5, 0.6) is 5.75 Å². The summed E-state index contributed by atoms with van der Waals surface area (Å²) in [5, 5.41) is 0. The van der Waals surface area contributed by atoms with E-state index < -0.39 is 11.7 Å². The number of ether oxygens (including phenoxy) is 1. The van der Waals surface area contributed by atoms with Crippen molar-refractivity contribution in [1.82, 2.24) is 4.90 Å². The number of rotatable bonds is 5. The Hall–Kier alpha value is -1.23. The first-order valence-electron chi connectivity index (χ1n) is 5.73. The van der Waals surface area contributed by atoms with Gasteiger partial charge in [-0.25, -0.2) is 0 Å². The molecule has 0 fully saturated rings. The third-order valence-corrected chi connectivity index (χ3v) is 2.67. The summed E-state index contributed by atoms with van der Waals surface area (Å²) < 4.78 is 43.5. The maximum atomic E-state index is 12.9. The molecule has 18 heavy (non-hydrogen) atoms. The number of benzene rings is 1. The maximum Gasteiger partial charge on any atom is 0.416 e. The first-order valence-corrected chi connectivity index (χ1v) is 5.73. The van der Waals surface area contributed by atoms with Gasteiger partial charge in [0.05, 0.1) is 12.7 Å². The Labute approximate surface area is 105 Å². The molecule has 0 saturated carbocycles. The number of methoxy groups -OCH3 is 1. The second-order valence-corrected chi connectivity index (χ2v) is 4.43. The van der Waals surface area contributed by atoms with E-state index in [1.165, 1.54) is 13.2 Å². The van der Waals surface area contributed by atoms with Gasteiger partial charge in [-0.15, -0.1) is 0 Å². The van der Waals surface area contributed by atoms with E-state index in [-0.39, 0.29) is 5.75 Å². The average Bonchev–Trinajstić information content (AvgIpc) is 2.27. The highest BCUT2D eigenvalue weighted by Crippen LogP contribution is 2.34. The number of halogens is 3. The third kappa shape index (κ3) is 4.22. The molecule has 2 nitrogen and oxygen atoms in total. The summed E-state index contributed by atoms with van der Waals surface area (Å²) in [6.07, 6.45) is -3.22. The Morgan fingerprint density at radius 1 is 1.22 bits per heavy atom. The van der Waals surface area contributed by atoms with Crippen LogP contribution in [0.15, 0.2) is 18.2 Å². The van der Waals surface area contributed by atoms with E-state index in [1.54, 1.807) is 6.07 Å². The number of hydrogen-bond acceptors (Lipinski definition) is 2. The van der Waals surface area contributed by atoms with E-state index in [2.05, 4.69) is 0 Å². The summed E-state index contributed by atoms with van der Waals surface area (Å²) in [5.74, 6) is 0.235. The standard InChI is InChI=1S/C13H18F3NO/c1-17(2)8-4-5-10-6-7-11(18-3)9-12(10)13(14,15)16/h6-7,9H,4-5,8H2,1-3H3. The molecular formula is C13H18F3NO. The molecule has 0 atom stereocenters. The van der Waals surface area contributed by atoms with Crippen LogP contribution in [0.3, 0.4) is 0 Å². The topological polar surface area (TPSA) is 12.5 Å². The molecule has 102 valence electrons. The van der Waals surface area contributed by atoms with Crippen molar-refractivity contribution in [3.8, 4) is 5.75 Å². The van der Waals surface area contributed by atoms with Gasteiger partial charge in [0.2, 0.25) is 0 Å². The van der Waals surface area contributed by atoms with Gasteiger partial charge >= 0.3 is 6.18 Å². The van der Waals surface area contributed by atoms with Crippen LogP contribution >= 0.6 is 0 Å². The smallest absolute Gasteiger partial charge is 0.416 e. The molecule has 0 aliphatic rings. The Morgan fingerprint density at radius 2 is 1.89 bits per heavy atom. The number of hydrogen-bond donors (Lipinski definition) is 0. The zero-order valence-electron chi connectivity index (χ0n) is 10.8. The van der Waals surface area contributed by atoms with Crippen LogP contribution in [0.25, 0.3) is 0 Å². The SMILES string of the molecule is COc1ccc(CCCN(C)C)c(C(F)(F)F)c1. The molecule has 1 rings (SSSR count). The molecule has 0 radical (unpaired) electrons. The predicted octanol–water partition coefficient (Wildman–Crippen LogP) is 3.21. The molecule has 0 unspecified atom stereocenters. The summed E-state index contributed by atoms with van der Waals surface area (Å²) in [4.78, 5) is 1.96. The van der Waals surface area contributed by atoms with Gasteiger partial charge in [0, 0.05) is 0 Å². The quantitative estimate of drug-likeness (QED) is 0.807. The lowest BCUT2D eigenvalue weighted by molar-refractivity contribution is -0.138. The molecular weight excluding hydrogens is 243 g/mol. The van der Waals surface area contributed by atoms with Crippen molar-refractivity contribution in [2.24, 2.45) is 0 Å². The summed E-state index contributed by atoms with van der Waals surface area (Å²) in [7, 11) is 5.17. The van der Waals surface area contributed by atoms with Crippen molar-refractivity contribution in [3.05, 3.63) is 29.3 Å². The highest BCUT2D eigenvalue weighted by Gasteiger charge is 2.33. The monoisotopic (exact) mass is 261 g/mol. The van der Waals surface area contributed by atoms with E-state index in [1.807, 2.05) is 19.0 Å². The van der Waals surface area contributed by atoms with Crippen molar-refractivity contribution in [2.75, 3.05) is 27.7 Å². The maximum absolute atomic E-state index is 12.9. The molecule has 0 bridgehead atoms. The first kappa shape index (κ1) is 14.8. The Bertz CT molecular complexity index is 388. The Balaban J connectivity index is 2.89. The molecule has 0 aromatic heterocycles. The van der Waals surface area contributed by atoms with E-state index >= 15 is 0 Å². The van der Waals surface area contributed by atoms with Crippen LogP contribution in [0, 0.1) is 0 Å². The molecule has 1 aromatic rings. The van der Waals surface area contributed by atoms with Crippen LogP contribution in [0.4, 0.5) is 13.2 Å². The lowest BCUT2D eigenvalue weighted by Crippen LogP contribution is -2.15. The first-order chi connectivity index (χ1) is 8.34. The molecule has 0 aliphatic carbocycles. The Kier molecular flexibility index (Phi) is 5.02. The van der Waals surface area contributed by atoms with Gasteiger partial charge in [0.25, 0.3) is 0 Å². The van der Waals surface area contributed by atoms with Crippen LogP contribution in [0.2, 0.25) is 0 Å². The van der Waals surface area contributed by atoms with Crippen molar-refractivity contribution >= 4 is 0 Å². The lowest BCUT2D eigenvalue weighted by atomic mass is 10.0. The van der Waals surface area contributed by atoms with E-state index in [0.29, 0.717) is 18.4 Å². The molecule has 0 heterocycles. The summed E-state index contributed by atoms with van der Waals surface area (Å²) in [6.45, 7) is 0.767. The predicted molar refractivity (Wildman–Crippen MR) is 64.9 cm³/mol. The van der Waals surface area contributed by atoms with Gasteiger partial charge in [-0.2, -0.15) is 13.2 Å². The molecule has 0 spiro atoms. The fourth-order valence-corrected chi connectivity index (χ4v) is 1.75. The fourth-order valence-electron chi connectivity index (χ4n) is 1.75. The molecule has 0 amide bonds. The second-order valence-electron chi connectivity index (χ2n) is 4.43. The summed E-state index contributed by atoms with van der Waals surface area (Å²) in [5.41, 5.74) is -0.272. The van der Waals surface area contributed by atoms with Crippen molar-refractivity contribution in [1.29, 1.82) is 0 Å². The van der Waals surface area contributed by atoms with E-state index in [4.69, 9.17) is 4.74 Å². The van der Waals surface area contributed by atoms with E-state index in [9.17, 15) is 13.2 Å². The molecule has 0 saturated heterocycles. The van der Waals surface area contributed by atoms with Crippen LogP contribution in [-0.2, 0) is 12.6 Å². The molecule has 0 aliphatic heterocycles. The fraction of sp³-hybridized carbons (Fsp3) is 0.538. The lowest BCUT2D eigenvalue weighted by Gasteiger charge is -2.15. The summed E-state index contributed by atoms with van der Waals surface area (Å²) in [6, 6.07) is 4.13. The minimum atomic E-state index is -4.33. The molecule has 0 N–H and O–H groups in total.